The minimum Gasteiger partial charge on any atom is -0.266 e. The van der Waals surface area contributed by atoms with Crippen molar-refractivity contribution in [1.29, 1.82) is 0 Å². The molecule has 0 saturated heterocycles. The molecule has 0 aromatic heterocycles. The molecule has 0 unspecified atom stereocenters. The van der Waals surface area contributed by atoms with Crippen LogP contribution in [-0.4, -0.2) is 10.8 Å². The third-order valence-corrected chi connectivity index (χ3v) is 3.08. The van der Waals surface area contributed by atoms with E-state index in [1.807, 2.05) is 12.1 Å². The molecule has 0 saturated carbocycles. The summed E-state index contributed by atoms with van der Waals surface area (Å²) in [5.74, 6) is -0.540. The Labute approximate surface area is 114 Å². The van der Waals surface area contributed by atoms with Crippen molar-refractivity contribution in [2.24, 2.45) is 0 Å². The van der Waals surface area contributed by atoms with Gasteiger partial charge in [-0.15, -0.1) is 0 Å². The zero-order valence-corrected chi connectivity index (χ0v) is 10.4. The number of nitro benzene ring substituents is 1. The molecule has 0 spiro atoms. The molecule has 0 radical (unpaired) electrons. The smallest absolute Gasteiger partial charge is 0.266 e. The van der Waals surface area contributed by atoms with Gasteiger partial charge in [0.25, 0.3) is 11.6 Å². The van der Waals surface area contributed by atoms with Crippen molar-refractivity contribution in [3.05, 3.63) is 69.8 Å². The second kappa shape index (κ2) is 4.75. The topological polar surface area (TPSA) is 72.7 Å². The molecule has 3 rings (SSSR count). The van der Waals surface area contributed by atoms with E-state index in [1.54, 1.807) is 18.2 Å². The van der Waals surface area contributed by atoms with E-state index in [0.29, 0.717) is 5.69 Å². The molecule has 0 aliphatic carbocycles. The molecule has 0 N–H and O–H groups in total. The number of fused-ring (bicyclic) bond motifs is 1. The Morgan fingerprint density at radius 3 is 2.65 bits per heavy atom. The van der Waals surface area contributed by atoms with Gasteiger partial charge in [0.15, 0.2) is 0 Å². The number of carbonyl (C=O) groups is 1. The summed E-state index contributed by atoms with van der Waals surface area (Å²) in [5.41, 5.74) is 1.27. The zero-order chi connectivity index (χ0) is 14.1. The number of hydrogen-bond donors (Lipinski definition) is 0. The lowest BCUT2D eigenvalue weighted by Crippen LogP contribution is -2.27. The van der Waals surface area contributed by atoms with E-state index in [-0.39, 0.29) is 17.9 Å². The number of hydrogen-bond acceptors (Lipinski definition) is 4. The predicted molar refractivity (Wildman–Crippen MR) is 71.1 cm³/mol. The number of para-hydroxylation sites is 2. The summed E-state index contributed by atoms with van der Waals surface area (Å²) in [6.45, 7) is 0.280. The number of anilines is 1. The Morgan fingerprint density at radius 2 is 1.85 bits per heavy atom. The lowest BCUT2D eigenvalue weighted by Gasteiger charge is -2.15. The Morgan fingerprint density at radius 1 is 1.15 bits per heavy atom. The van der Waals surface area contributed by atoms with Crippen molar-refractivity contribution in [2.75, 3.05) is 5.06 Å². The maximum atomic E-state index is 12.4. The normalized spacial score (nSPS) is 13.1. The molecule has 1 aliphatic heterocycles. The minimum absolute atomic E-state index is 0.00852. The quantitative estimate of drug-likeness (QED) is 0.621. The van der Waals surface area contributed by atoms with Crippen molar-refractivity contribution >= 4 is 17.3 Å². The maximum absolute atomic E-state index is 12.4. The van der Waals surface area contributed by atoms with E-state index < -0.39 is 10.8 Å². The van der Waals surface area contributed by atoms with Crippen LogP contribution in [0.4, 0.5) is 11.4 Å². The van der Waals surface area contributed by atoms with Crippen LogP contribution in [0.15, 0.2) is 48.5 Å². The van der Waals surface area contributed by atoms with E-state index in [9.17, 15) is 14.9 Å². The van der Waals surface area contributed by atoms with Gasteiger partial charge in [-0.3, -0.25) is 19.7 Å². The van der Waals surface area contributed by atoms with E-state index in [2.05, 4.69) is 0 Å². The van der Waals surface area contributed by atoms with Gasteiger partial charge in [0.2, 0.25) is 0 Å². The number of rotatable bonds is 2. The molecule has 20 heavy (non-hydrogen) atoms. The molecule has 6 heteroatoms. The van der Waals surface area contributed by atoms with Gasteiger partial charge in [0.05, 0.1) is 10.6 Å². The molecule has 2 aromatic rings. The monoisotopic (exact) mass is 270 g/mol. The van der Waals surface area contributed by atoms with Gasteiger partial charge in [0.1, 0.15) is 12.2 Å². The summed E-state index contributed by atoms with van der Waals surface area (Å²) in [4.78, 5) is 28.2. The molecule has 0 bridgehead atoms. The molecular formula is C14H10N2O4. The Bertz CT molecular complexity index is 699. The van der Waals surface area contributed by atoms with Gasteiger partial charge in [-0.05, 0) is 12.1 Å². The maximum Gasteiger partial charge on any atom is 0.289 e. The number of carbonyl (C=O) groups excluding carboxylic acids is 1. The summed E-state index contributed by atoms with van der Waals surface area (Å²) in [5, 5.41) is 12.1. The van der Waals surface area contributed by atoms with Gasteiger partial charge in [-0.2, -0.15) is 5.06 Å². The fourth-order valence-electron chi connectivity index (χ4n) is 2.13. The van der Waals surface area contributed by atoms with Crippen LogP contribution in [0.3, 0.4) is 0 Å². The third-order valence-electron chi connectivity index (χ3n) is 3.08. The van der Waals surface area contributed by atoms with Crippen LogP contribution in [0.5, 0.6) is 0 Å². The first-order valence-corrected chi connectivity index (χ1v) is 5.97. The zero-order valence-electron chi connectivity index (χ0n) is 10.4. The van der Waals surface area contributed by atoms with Gasteiger partial charge in [-0.25, -0.2) is 0 Å². The summed E-state index contributed by atoms with van der Waals surface area (Å²) < 4.78 is 0. The van der Waals surface area contributed by atoms with Gasteiger partial charge in [-0.1, -0.05) is 30.3 Å². The summed E-state index contributed by atoms with van der Waals surface area (Å²) in [7, 11) is 0. The van der Waals surface area contributed by atoms with E-state index in [4.69, 9.17) is 4.84 Å². The lowest BCUT2D eigenvalue weighted by atomic mass is 10.1. The van der Waals surface area contributed by atoms with Crippen LogP contribution in [0.25, 0.3) is 0 Å². The molecular weight excluding hydrogens is 260 g/mol. The Kier molecular flexibility index (Phi) is 2.92. The van der Waals surface area contributed by atoms with Crippen LogP contribution in [0.1, 0.15) is 15.9 Å². The average molecular weight is 270 g/mol. The van der Waals surface area contributed by atoms with E-state index in [1.165, 1.54) is 18.2 Å². The Balaban J connectivity index is 2.01. The highest BCUT2D eigenvalue weighted by Crippen LogP contribution is 2.31. The highest BCUT2D eigenvalue weighted by atomic mass is 16.7. The molecule has 1 aliphatic rings. The minimum atomic E-state index is -0.574. The molecule has 100 valence electrons. The lowest BCUT2D eigenvalue weighted by molar-refractivity contribution is -0.385. The molecule has 6 nitrogen and oxygen atoms in total. The first-order chi connectivity index (χ1) is 9.68. The predicted octanol–water partition coefficient (Wildman–Crippen LogP) is 2.69. The van der Waals surface area contributed by atoms with E-state index >= 15 is 0 Å². The van der Waals surface area contributed by atoms with Crippen molar-refractivity contribution in [1.82, 2.24) is 0 Å². The van der Waals surface area contributed by atoms with Crippen LogP contribution < -0.4 is 5.06 Å². The van der Waals surface area contributed by atoms with Crippen LogP contribution in [0, 0.1) is 10.1 Å². The number of nitro groups is 1. The van der Waals surface area contributed by atoms with Gasteiger partial charge >= 0.3 is 0 Å². The second-order valence-corrected chi connectivity index (χ2v) is 4.28. The van der Waals surface area contributed by atoms with Crippen LogP contribution >= 0.6 is 0 Å². The van der Waals surface area contributed by atoms with Crippen molar-refractivity contribution < 1.29 is 14.6 Å². The number of hydroxylamine groups is 1. The molecule has 0 fully saturated rings. The first kappa shape index (κ1) is 12.3. The van der Waals surface area contributed by atoms with Crippen molar-refractivity contribution in [2.45, 2.75) is 6.61 Å². The average Bonchev–Trinajstić information content (AvgIpc) is 2.90. The van der Waals surface area contributed by atoms with Crippen LogP contribution in [-0.2, 0) is 11.4 Å². The van der Waals surface area contributed by atoms with Gasteiger partial charge < -0.3 is 0 Å². The largest absolute Gasteiger partial charge is 0.289 e. The standard InChI is InChI=1S/C14H10N2O4/c17-14(11-6-2-4-8-13(11)16(18)19)15-12-7-3-1-5-10(12)9-20-15/h1-8H,9H2. The fraction of sp³-hybridized carbons (Fsp3) is 0.0714. The number of benzene rings is 2. The molecule has 1 heterocycles. The number of amides is 1. The Hall–Kier alpha value is -2.73. The number of nitrogens with zero attached hydrogens (tertiary/aromatic N) is 2. The van der Waals surface area contributed by atoms with Crippen molar-refractivity contribution in [3.8, 4) is 0 Å². The fourth-order valence-corrected chi connectivity index (χ4v) is 2.13. The van der Waals surface area contributed by atoms with E-state index in [0.717, 1.165) is 10.6 Å². The second-order valence-electron chi connectivity index (χ2n) is 4.28. The van der Waals surface area contributed by atoms with Crippen LogP contribution in [0.2, 0.25) is 0 Å². The summed E-state index contributed by atoms with van der Waals surface area (Å²) in [6.07, 6.45) is 0. The summed E-state index contributed by atoms with van der Waals surface area (Å²) in [6, 6.07) is 13.1. The highest BCUT2D eigenvalue weighted by molar-refractivity contribution is 6.08. The van der Waals surface area contributed by atoms with Gasteiger partial charge in [0, 0.05) is 11.6 Å². The summed E-state index contributed by atoms with van der Waals surface area (Å²) >= 11 is 0. The molecule has 2 aromatic carbocycles. The SMILES string of the molecule is O=C(c1ccccc1[N+](=O)[O-])N1OCc2ccccc21. The third kappa shape index (κ3) is 1.92. The molecule has 1 amide bonds. The highest BCUT2D eigenvalue weighted by Gasteiger charge is 2.30. The molecule has 0 atom stereocenters. The van der Waals surface area contributed by atoms with Crippen molar-refractivity contribution in [3.63, 3.8) is 0 Å². The first-order valence-electron chi connectivity index (χ1n) is 5.97.